The van der Waals surface area contributed by atoms with Crippen LogP contribution in [0.2, 0.25) is 0 Å². The molecular weight excluding hydrogens is 725 g/mol. The number of rotatable bonds is 7. The Morgan fingerprint density at radius 3 is 1.40 bits per heavy atom. The highest BCUT2D eigenvalue weighted by atomic mass is 15.1. The standard InChI is InChI=1S/C58H38N2/c1-4-11-39(12-5-1)41-23-28-50(29-24-41)59(51-30-25-42(26-31-51)40-13-6-2-7-14-40)52-32-34-54-46(37-52)21-20-45-35-44(27-33-53(45)54)48-36-47-22-19-43-15-10-18-55-57(43)58(47)56(38-48)60(55)49-16-8-3-9-17-49/h1-38H. The SMILES string of the molecule is c1ccc(-c2ccc(N(c3ccc(-c4ccccc4)cc3)c3ccc4c(ccc5cc(-c6cc7ccc8cccc9c8c7c(c6)n9-c6ccccc6)ccc54)c3)cc2)cc1. The van der Waals surface area contributed by atoms with Crippen LogP contribution in [0.15, 0.2) is 231 Å². The molecule has 60 heavy (non-hydrogen) atoms. The average molecular weight is 763 g/mol. The van der Waals surface area contributed by atoms with Gasteiger partial charge in [0.25, 0.3) is 0 Å². The fraction of sp³-hybridized carbons (Fsp3) is 0. The summed E-state index contributed by atoms with van der Waals surface area (Å²) in [6.07, 6.45) is 0. The first-order chi connectivity index (χ1) is 29.7. The molecule has 0 aliphatic heterocycles. The highest BCUT2D eigenvalue weighted by Crippen LogP contribution is 2.43. The average Bonchev–Trinajstić information content (AvgIpc) is 3.67. The zero-order valence-electron chi connectivity index (χ0n) is 32.8. The van der Waals surface area contributed by atoms with E-state index in [2.05, 4.69) is 240 Å². The molecule has 0 amide bonds. The van der Waals surface area contributed by atoms with E-state index in [1.54, 1.807) is 0 Å². The summed E-state index contributed by atoms with van der Waals surface area (Å²) >= 11 is 0. The van der Waals surface area contributed by atoms with Gasteiger partial charge in [0.1, 0.15) is 0 Å². The first-order valence-corrected chi connectivity index (χ1v) is 20.7. The maximum atomic E-state index is 2.43. The molecule has 0 N–H and O–H groups in total. The van der Waals surface area contributed by atoms with Crippen molar-refractivity contribution in [3.8, 4) is 39.1 Å². The Morgan fingerprint density at radius 2 is 0.750 bits per heavy atom. The van der Waals surface area contributed by atoms with Crippen LogP contribution in [0.5, 0.6) is 0 Å². The number of benzene rings is 11. The van der Waals surface area contributed by atoms with Crippen molar-refractivity contribution in [1.82, 2.24) is 4.57 Å². The second kappa shape index (κ2) is 13.9. The molecule has 0 aliphatic rings. The van der Waals surface area contributed by atoms with Crippen LogP contribution in [0.1, 0.15) is 0 Å². The van der Waals surface area contributed by atoms with Gasteiger partial charge in [0.15, 0.2) is 0 Å². The molecule has 11 aromatic carbocycles. The molecule has 0 spiro atoms. The Balaban J connectivity index is 0.951. The van der Waals surface area contributed by atoms with Crippen molar-refractivity contribution in [3.05, 3.63) is 231 Å². The molecular formula is C58H38N2. The second-order valence-corrected chi connectivity index (χ2v) is 15.8. The van der Waals surface area contributed by atoms with Gasteiger partial charge in [-0.15, -0.1) is 0 Å². The summed E-state index contributed by atoms with van der Waals surface area (Å²) in [5.74, 6) is 0. The van der Waals surface area contributed by atoms with Crippen LogP contribution in [0.3, 0.4) is 0 Å². The lowest BCUT2D eigenvalue weighted by Gasteiger charge is -2.26. The Morgan fingerprint density at radius 1 is 0.267 bits per heavy atom. The summed E-state index contributed by atoms with van der Waals surface area (Å²) in [7, 11) is 0. The number of aromatic nitrogens is 1. The van der Waals surface area contributed by atoms with Gasteiger partial charge in [-0.1, -0.05) is 158 Å². The van der Waals surface area contributed by atoms with E-state index in [4.69, 9.17) is 0 Å². The third-order valence-corrected chi connectivity index (χ3v) is 12.3. The molecule has 0 bridgehead atoms. The van der Waals surface area contributed by atoms with E-state index in [9.17, 15) is 0 Å². The molecule has 0 radical (unpaired) electrons. The predicted molar refractivity (Wildman–Crippen MR) is 255 cm³/mol. The zero-order valence-corrected chi connectivity index (χ0v) is 32.8. The summed E-state index contributed by atoms with van der Waals surface area (Å²) in [4.78, 5) is 2.37. The van der Waals surface area contributed by atoms with Crippen molar-refractivity contribution in [2.45, 2.75) is 0 Å². The van der Waals surface area contributed by atoms with E-state index in [1.165, 1.54) is 93.2 Å². The smallest absolute Gasteiger partial charge is 0.0553 e. The topological polar surface area (TPSA) is 8.17 Å². The summed E-state index contributed by atoms with van der Waals surface area (Å²) in [6, 6.07) is 84.2. The van der Waals surface area contributed by atoms with Gasteiger partial charge in [-0.05, 0) is 138 Å². The van der Waals surface area contributed by atoms with Gasteiger partial charge in [-0.3, -0.25) is 0 Å². The van der Waals surface area contributed by atoms with Crippen molar-refractivity contribution < 1.29 is 0 Å². The van der Waals surface area contributed by atoms with Crippen molar-refractivity contribution in [1.29, 1.82) is 0 Å². The fourth-order valence-electron chi connectivity index (χ4n) is 9.41. The van der Waals surface area contributed by atoms with Crippen molar-refractivity contribution in [2.75, 3.05) is 4.90 Å². The molecule has 12 rings (SSSR count). The number of para-hydroxylation sites is 1. The molecule has 12 aromatic rings. The lowest BCUT2D eigenvalue weighted by molar-refractivity contribution is 1.18. The first kappa shape index (κ1) is 34.1. The number of fused-ring (bicyclic) bond motifs is 3. The molecule has 0 fully saturated rings. The summed E-state index contributed by atoms with van der Waals surface area (Å²) in [5, 5.41) is 10.1. The third kappa shape index (κ3) is 5.65. The van der Waals surface area contributed by atoms with Gasteiger partial charge in [-0.2, -0.15) is 0 Å². The van der Waals surface area contributed by atoms with Crippen molar-refractivity contribution >= 4 is 71.2 Å². The molecule has 2 heteroatoms. The van der Waals surface area contributed by atoms with Gasteiger partial charge in [0, 0.05) is 33.5 Å². The van der Waals surface area contributed by atoms with E-state index in [-0.39, 0.29) is 0 Å². The van der Waals surface area contributed by atoms with E-state index in [0.29, 0.717) is 0 Å². The number of anilines is 3. The Kier molecular flexibility index (Phi) is 7.89. The van der Waals surface area contributed by atoms with E-state index in [0.717, 1.165) is 17.1 Å². The molecule has 0 atom stereocenters. The number of hydrogen-bond acceptors (Lipinski definition) is 1. The van der Waals surface area contributed by atoms with E-state index in [1.807, 2.05) is 0 Å². The second-order valence-electron chi connectivity index (χ2n) is 15.8. The lowest BCUT2D eigenvalue weighted by atomic mass is 9.94. The molecule has 0 aliphatic carbocycles. The molecule has 0 saturated carbocycles. The van der Waals surface area contributed by atoms with Gasteiger partial charge < -0.3 is 9.47 Å². The van der Waals surface area contributed by atoms with Crippen molar-refractivity contribution in [2.24, 2.45) is 0 Å². The van der Waals surface area contributed by atoms with E-state index >= 15 is 0 Å². The van der Waals surface area contributed by atoms with Crippen LogP contribution in [-0.2, 0) is 0 Å². The lowest BCUT2D eigenvalue weighted by Crippen LogP contribution is -2.09. The maximum absolute atomic E-state index is 2.43. The van der Waals surface area contributed by atoms with Crippen LogP contribution in [0.25, 0.3) is 93.2 Å². The molecule has 0 unspecified atom stereocenters. The monoisotopic (exact) mass is 762 g/mol. The fourth-order valence-corrected chi connectivity index (χ4v) is 9.41. The van der Waals surface area contributed by atoms with Crippen LogP contribution in [0, 0.1) is 0 Å². The minimum absolute atomic E-state index is 1.11. The van der Waals surface area contributed by atoms with Crippen LogP contribution >= 0.6 is 0 Å². The quantitative estimate of drug-likeness (QED) is 0.147. The van der Waals surface area contributed by atoms with Crippen LogP contribution in [-0.4, -0.2) is 4.57 Å². The Labute approximate surface area is 348 Å². The van der Waals surface area contributed by atoms with Gasteiger partial charge in [0.2, 0.25) is 0 Å². The third-order valence-electron chi connectivity index (χ3n) is 12.3. The first-order valence-electron chi connectivity index (χ1n) is 20.7. The predicted octanol–water partition coefficient (Wildman–Crippen LogP) is 16.2. The highest BCUT2D eigenvalue weighted by Gasteiger charge is 2.19. The molecule has 1 aromatic heterocycles. The molecule has 0 saturated heterocycles. The minimum Gasteiger partial charge on any atom is -0.310 e. The molecule has 1 heterocycles. The van der Waals surface area contributed by atoms with Crippen LogP contribution in [0.4, 0.5) is 17.1 Å². The van der Waals surface area contributed by atoms with Crippen LogP contribution < -0.4 is 4.90 Å². The minimum atomic E-state index is 1.11. The number of nitrogens with zero attached hydrogens (tertiary/aromatic N) is 2. The normalized spacial score (nSPS) is 11.7. The van der Waals surface area contributed by atoms with Gasteiger partial charge >= 0.3 is 0 Å². The highest BCUT2D eigenvalue weighted by molar-refractivity contribution is 6.25. The Bertz CT molecular complexity index is 3410. The zero-order chi connectivity index (χ0) is 39.6. The van der Waals surface area contributed by atoms with Crippen molar-refractivity contribution in [3.63, 3.8) is 0 Å². The Hall–Kier alpha value is -7.94. The summed E-state index contributed by atoms with van der Waals surface area (Å²) < 4.78 is 2.43. The van der Waals surface area contributed by atoms with Gasteiger partial charge in [-0.25, -0.2) is 0 Å². The summed E-state index contributed by atoms with van der Waals surface area (Å²) in [6.45, 7) is 0. The molecule has 280 valence electrons. The number of hydrogen-bond donors (Lipinski definition) is 0. The van der Waals surface area contributed by atoms with E-state index < -0.39 is 0 Å². The summed E-state index contributed by atoms with van der Waals surface area (Å²) in [5.41, 5.74) is 14.3. The van der Waals surface area contributed by atoms with Gasteiger partial charge in [0.05, 0.1) is 11.0 Å². The molecule has 2 nitrogen and oxygen atoms in total. The maximum Gasteiger partial charge on any atom is 0.0553 e. The largest absolute Gasteiger partial charge is 0.310 e.